The summed E-state index contributed by atoms with van der Waals surface area (Å²) in [5.41, 5.74) is 0.944. The summed E-state index contributed by atoms with van der Waals surface area (Å²) in [6.45, 7) is 7.63. The number of thioether (sulfide) groups is 1. The van der Waals surface area contributed by atoms with Crippen molar-refractivity contribution in [3.05, 3.63) is 53.3 Å². The number of aryl methyl sites for hydroxylation is 1. The Balaban J connectivity index is 1.77. The number of nitrogens with zero attached hydrogens (tertiary/aromatic N) is 3. The maximum absolute atomic E-state index is 13.4. The normalized spacial score (nSPS) is 18.6. The maximum atomic E-state index is 13.4. The molecule has 1 amide bonds. The predicted octanol–water partition coefficient (Wildman–Crippen LogP) is 3.04. The number of ether oxygens (including phenoxy) is 1. The minimum absolute atomic E-state index is 0.0243. The van der Waals surface area contributed by atoms with E-state index in [0.717, 1.165) is 17.3 Å². The molecular weight excluding hydrogens is 470 g/mol. The van der Waals surface area contributed by atoms with Crippen molar-refractivity contribution in [2.75, 3.05) is 37.7 Å². The Labute approximate surface area is 195 Å². The molecule has 0 spiro atoms. The fraction of sp³-hybridized carbons (Fsp3) is 0.286. The van der Waals surface area contributed by atoms with Gasteiger partial charge in [-0.3, -0.25) is 9.69 Å². The van der Waals surface area contributed by atoms with Crippen LogP contribution in [0.4, 0.5) is 5.88 Å². The second-order valence-corrected chi connectivity index (χ2v) is 10.7. The standard InChI is InChI=1S/C21H21N3O5S3/c1-3-8-24-19(25)16(31-21(24)30)13-17-22-18(20(29-17)23-9-11-28-12-10-23)32(26,27)15-6-4-14(2)5-7-15/h3-7,13H,1,8-12H2,2H3. The SMILES string of the molecule is C=CCN1C(=O)C(=Cc2nc(S(=O)(=O)c3ccc(C)cc3)c(N3CCOCC3)o2)SC1=S. The summed E-state index contributed by atoms with van der Waals surface area (Å²) in [6, 6.07) is 6.55. The molecule has 0 radical (unpaired) electrons. The van der Waals surface area contributed by atoms with Crippen molar-refractivity contribution < 1.29 is 22.4 Å². The maximum Gasteiger partial charge on any atom is 0.266 e. The van der Waals surface area contributed by atoms with Gasteiger partial charge in [0.05, 0.1) is 23.0 Å². The third kappa shape index (κ3) is 4.38. The number of thiocarbonyl (C=S) groups is 1. The average Bonchev–Trinajstić information content (AvgIpc) is 3.32. The summed E-state index contributed by atoms with van der Waals surface area (Å²) in [4.78, 5) is 20.6. The lowest BCUT2D eigenvalue weighted by atomic mass is 10.2. The molecule has 1 aromatic carbocycles. The van der Waals surface area contributed by atoms with Gasteiger partial charge in [0.15, 0.2) is 0 Å². The van der Waals surface area contributed by atoms with Crippen LogP contribution in [-0.4, -0.2) is 61.4 Å². The molecule has 2 aliphatic rings. The molecule has 0 saturated carbocycles. The number of morpholine rings is 1. The molecule has 11 heteroatoms. The van der Waals surface area contributed by atoms with E-state index in [1.807, 2.05) is 6.92 Å². The van der Waals surface area contributed by atoms with Crippen molar-refractivity contribution in [2.24, 2.45) is 0 Å². The highest BCUT2D eigenvalue weighted by Crippen LogP contribution is 2.36. The first-order valence-electron chi connectivity index (χ1n) is 9.83. The van der Waals surface area contributed by atoms with Crippen molar-refractivity contribution in [2.45, 2.75) is 16.8 Å². The minimum Gasteiger partial charge on any atom is -0.420 e. The molecule has 2 aliphatic heterocycles. The van der Waals surface area contributed by atoms with Crippen molar-refractivity contribution in [3.8, 4) is 0 Å². The number of rotatable bonds is 6. The van der Waals surface area contributed by atoms with Crippen molar-refractivity contribution >= 4 is 56.0 Å². The van der Waals surface area contributed by atoms with Crippen LogP contribution < -0.4 is 4.90 Å². The number of hydrogen-bond acceptors (Lipinski definition) is 9. The van der Waals surface area contributed by atoms with Gasteiger partial charge in [-0.25, -0.2) is 8.42 Å². The quantitative estimate of drug-likeness (QED) is 0.343. The molecule has 4 rings (SSSR count). The summed E-state index contributed by atoms with van der Waals surface area (Å²) in [7, 11) is -3.95. The number of amides is 1. The summed E-state index contributed by atoms with van der Waals surface area (Å²) < 4.78 is 38.5. The zero-order chi connectivity index (χ0) is 22.9. The van der Waals surface area contributed by atoms with E-state index in [4.69, 9.17) is 21.4 Å². The van der Waals surface area contributed by atoms with Crippen LogP contribution >= 0.6 is 24.0 Å². The highest BCUT2D eigenvalue weighted by atomic mass is 32.2. The van der Waals surface area contributed by atoms with Gasteiger partial charge in [0.1, 0.15) is 4.32 Å². The third-order valence-corrected chi connectivity index (χ3v) is 7.97. The second-order valence-electron chi connectivity index (χ2n) is 7.16. The lowest BCUT2D eigenvalue weighted by Crippen LogP contribution is -2.36. The van der Waals surface area contributed by atoms with Crippen molar-refractivity contribution in [3.63, 3.8) is 0 Å². The largest absolute Gasteiger partial charge is 0.420 e. The minimum atomic E-state index is -3.95. The van der Waals surface area contributed by atoms with Gasteiger partial charge < -0.3 is 14.1 Å². The van der Waals surface area contributed by atoms with Crippen LogP contribution in [0.25, 0.3) is 6.08 Å². The van der Waals surface area contributed by atoms with Gasteiger partial charge in [-0.1, -0.05) is 47.8 Å². The third-order valence-electron chi connectivity index (χ3n) is 4.92. The molecule has 8 nitrogen and oxygen atoms in total. The molecule has 0 N–H and O–H groups in total. The number of carbonyl (C=O) groups excluding carboxylic acids is 1. The summed E-state index contributed by atoms with van der Waals surface area (Å²) in [5.74, 6) is -0.132. The number of sulfone groups is 1. The molecule has 3 heterocycles. The topological polar surface area (TPSA) is 93.0 Å². The molecule has 2 fully saturated rings. The summed E-state index contributed by atoms with van der Waals surface area (Å²) in [6.07, 6.45) is 3.02. The number of aromatic nitrogens is 1. The molecule has 2 saturated heterocycles. The van der Waals surface area contributed by atoms with Crippen LogP contribution in [-0.2, 0) is 19.4 Å². The molecule has 168 valence electrons. The number of anilines is 1. The van der Waals surface area contributed by atoms with Gasteiger partial charge in [-0.2, -0.15) is 4.98 Å². The molecule has 1 aromatic heterocycles. The van der Waals surface area contributed by atoms with E-state index < -0.39 is 9.84 Å². The lowest BCUT2D eigenvalue weighted by molar-refractivity contribution is -0.121. The predicted molar refractivity (Wildman–Crippen MR) is 126 cm³/mol. The smallest absolute Gasteiger partial charge is 0.266 e. The van der Waals surface area contributed by atoms with Gasteiger partial charge in [-0.15, -0.1) is 6.58 Å². The van der Waals surface area contributed by atoms with E-state index in [2.05, 4.69) is 11.6 Å². The Morgan fingerprint density at radius 1 is 1.25 bits per heavy atom. The van der Waals surface area contributed by atoms with Crippen molar-refractivity contribution in [1.82, 2.24) is 9.88 Å². The second kappa shape index (κ2) is 9.18. The summed E-state index contributed by atoms with van der Waals surface area (Å²) in [5, 5.41) is -0.184. The monoisotopic (exact) mass is 491 g/mol. The molecule has 0 bridgehead atoms. The summed E-state index contributed by atoms with van der Waals surface area (Å²) >= 11 is 6.36. The first-order valence-corrected chi connectivity index (χ1v) is 12.5. The van der Waals surface area contributed by atoms with Crippen LogP contribution in [0.2, 0.25) is 0 Å². The van der Waals surface area contributed by atoms with Gasteiger partial charge in [0.2, 0.25) is 26.6 Å². The molecule has 32 heavy (non-hydrogen) atoms. The molecular formula is C21H21N3O5S3. The fourth-order valence-corrected chi connectivity index (χ4v) is 5.81. The Morgan fingerprint density at radius 2 is 1.94 bits per heavy atom. The van der Waals surface area contributed by atoms with E-state index in [-0.39, 0.29) is 27.6 Å². The Hall–Kier alpha value is -2.47. The molecule has 2 aromatic rings. The number of oxazole rings is 1. The van der Waals surface area contributed by atoms with Crippen LogP contribution in [0, 0.1) is 6.92 Å². The van der Waals surface area contributed by atoms with Crippen LogP contribution in [0.5, 0.6) is 0 Å². The number of carbonyl (C=O) groups is 1. The van der Waals surface area contributed by atoms with E-state index in [1.54, 1.807) is 35.2 Å². The van der Waals surface area contributed by atoms with Gasteiger partial charge in [0.25, 0.3) is 5.91 Å². The van der Waals surface area contributed by atoms with Crippen LogP contribution in [0.15, 0.2) is 56.2 Å². The van der Waals surface area contributed by atoms with E-state index in [1.165, 1.54) is 11.0 Å². The average molecular weight is 492 g/mol. The Bertz CT molecular complexity index is 1200. The van der Waals surface area contributed by atoms with E-state index in [9.17, 15) is 13.2 Å². The Kier molecular flexibility index (Phi) is 6.52. The number of benzene rings is 1. The lowest BCUT2D eigenvalue weighted by Gasteiger charge is -2.26. The zero-order valence-electron chi connectivity index (χ0n) is 17.3. The number of hydrogen-bond donors (Lipinski definition) is 0. The first kappa shape index (κ1) is 22.7. The van der Waals surface area contributed by atoms with Gasteiger partial charge in [0, 0.05) is 25.7 Å². The van der Waals surface area contributed by atoms with Gasteiger partial charge in [-0.05, 0) is 19.1 Å². The highest BCUT2D eigenvalue weighted by Gasteiger charge is 2.34. The van der Waals surface area contributed by atoms with Crippen LogP contribution in [0.1, 0.15) is 11.5 Å². The Morgan fingerprint density at radius 3 is 2.59 bits per heavy atom. The van der Waals surface area contributed by atoms with E-state index in [0.29, 0.717) is 42.1 Å². The highest BCUT2D eigenvalue weighted by molar-refractivity contribution is 8.26. The van der Waals surface area contributed by atoms with Crippen molar-refractivity contribution in [1.29, 1.82) is 0 Å². The van der Waals surface area contributed by atoms with Gasteiger partial charge >= 0.3 is 0 Å². The molecule has 0 unspecified atom stereocenters. The molecule has 0 atom stereocenters. The zero-order valence-corrected chi connectivity index (χ0v) is 19.8. The molecule has 0 aliphatic carbocycles. The van der Waals surface area contributed by atoms with Crippen LogP contribution in [0.3, 0.4) is 0 Å². The van der Waals surface area contributed by atoms with E-state index >= 15 is 0 Å². The fourth-order valence-electron chi connectivity index (χ4n) is 3.24. The first-order chi connectivity index (χ1) is 15.3.